The van der Waals surface area contributed by atoms with Crippen molar-refractivity contribution in [3.63, 3.8) is 0 Å². The summed E-state index contributed by atoms with van der Waals surface area (Å²) in [6, 6.07) is 0. The largest absolute Gasteiger partial charge is 0.462 e. The first-order chi connectivity index (χ1) is 24.8. The van der Waals surface area contributed by atoms with E-state index in [2.05, 4.69) is 20.8 Å². The van der Waals surface area contributed by atoms with Crippen molar-refractivity contribution >= 4 is 29.7 Å². The Bertz CT molecular complexity index is 933. The molecule has 9 nitrogen and oxygen atoms in total. The lowest BCUT2D eigenvalue weighted by Gasteiger charge is -2.25. The quantitative estimate of drug-likeness (QED) is 0.0272. The van der Waals surface area contributed by atoms with E-state index in [1.54, 1.807) is 0 Å². The predicted molar refractivity (Wildman–Crippen MR) is 201 cm³/mol. The highest BCUT2D eigenvalue weighted by atomic mass is 16.6. The third-order valence-electron chi connectivity index (χ3n) is 9.77. The zero-order valence-corrected chi connectivity index (χ0v) is 32.8. The summed E-state index contributed by atoms with van der Waals surface area (Å²) in [7, 11) is 0. The van der Waals surface area contributed by atoms with Gasteiger partial charge in [-0.25, -0.2) is 4.79 Å². The molecule has 0 aliphatic carbocycles. The Hall–Kier alpha value is -2.45. The first-order valence-corrected chi connectivity index (χ1v) is 21.1. The molecule has 0 saturated carbocycles. The van der Waals surface area contributed by atoms with Gasteiger partial charge < -0.3 is 18.9 Å². The van der Waals surface area contributed by atoms with E-state index in [-0.39, 0.29) is 19.3 Å². The van der Waals surface area contributed by atoms with Crippen LogP contribution in [0, 0.1) is 0 Å². The number of esters is 4. The first kappa shape index (κ1) is 46.6. The number of carbonyl (C=O) groups is 5. The van der Waals surface area contributed by atoms with Crippen molar-refractivity contribution in [2.45, 2.75) is 232 Å². The molecule has 0 bridgehead atoms. The molecule has 0 amide bonds. The average molecular weight is 723 g/mol. The molecule has 0 N–H and O–H groups in total. The zero-order valence-electron chi connectivity index (χ0n) is 32.8. The van der Waals surface area contributed by atoms with E-state index >= 15 is 0 Å². The maximum absolute atomic E-state index is 12.9. The van der Waals surface area contributed by atoms with Gasteiger partial charge in [-0.2, -0.15) is 0 Å². The smallest absolute Gasteiger partial charge is 0.379 e. The molecule has 1 aliphatic rings. The van der Waals surface area contributed by atoms with E-state index in [1.165, 1.54) is 96.3 Å². The van der Waals surface area contributed by atoms with Gasteiger partial charge in [-0.3, -0.25) is 19.2 Å². The standard InChI is InChI=1S/C42H74O9/c1-4-7-10-13-16-19-22-25-28-31-36(43)48-34-35(49-37(44)32-29-26-23-20-17-14-11-8-5-2)40-41(39(46)42(47)51-40)50-38(45)33-30-27-24-21-18-15-12-9-6-3/h35,40-41H,4-34H2,1-3H3/t35-,40+,41?/m0/s1. The number of hydrogen-bond acceptors (Lipinski definition) is 9. The minimum Gasteiger partial charge on any atom is -0.462 e. The van der Waals surface area contributed by atoms with Gasteiger partial charge in [0.2, 0.25) is 6.10 Å². The monoisotopic (exact) mass is 723 g/mol. The van der Waals surface area contributed by atoms with Gasteiger partial charge in [0.15, 0.2) is 12.2 Å². The number of unbranched alkanes of at least 4 members (excludes halogenated alkanes) is 24. The summed E-state index contributed by atoms with van der Waals surface area (Å²) < 4.78 is 22.0. The fourth-order valence-electron chi connectivity index (χ4n) is 6.51. The van der Waals surface area contributed by atoms with E-state index in [0.717, 1.165) is 57.8 Å². The lowest BCUT2D eigenvalue weighted by molar-refractivity contribution is -0.178. The number of rotatable bonds is 35. The van der Waals surface area contributed by atoms with Crippen LogP contribution in [0.25, 0.3) is 0 Å². The van der Waals surface area contributed by atoms with Crippen molar-refractivity contribution in [3.8, 4) is 0 Å². The second-order valence-corrected chi connectivity index (χ2v) is 14.6. The van der Waals surface area contributed by atoms with Crippen LogP contribution in [0.15, 0.2) is 0 Å². The van der Waals surface area contributed by atoms with Crippen molar-refractivity contribution in [2.75, 3.05) is 6.61 Å². The lowest BCUT2D eigenvalue weighted by Crippen LogP contribution is -2.45. The molecule has 3 atom stereocenters. The minimum atomic E-state index is -1.55. The lowest BCUT2D eigenvalue weighted by atomic mass is 10.1. The van der Waals surface area contributed by atoms with Gasteiger partial charge in [-0.1, -0.05) is 175 Å². The fraction of sp³-hybridized carbons (Fsp3) is 0.881. The van der Waals surface area contributed by atoms with Crippen LogP contribution >= 0.6 is 0 Å². The molecule has 0 aromatic rings. The van der Waals surface area contributed by atoms with Gasteiger partial charge in [0.05, 0.1) is 0 Å². The molecule has 1 heterocycles. The van der Waals surface area contributed by atoms with Gasteiger partial charge in [0, 0.05) is 19.3 Å². The highest BCUT2D eigenvalue weighted by molar-refractivity contribution is 6.37. The Balaban J connectivity index is 2.65. The van der Waals surface area contributed by atoms with Crippen molar-refractivity contribution in [1.29, 1.82) is 0 Å². The van der Waals surface area contributed by atoms with Crippen molar-refractivity contribution < 1.29 is 42.9 Å². The molecular formula is C42H74O9. The zero-order chi connectivity index (χ0) is 37.4. The molecule has 0 radical (unpaired) electrons. The molecule has 1 aliphatic heterocycles. The molecule has 1 unspecified atom stereocenters. The fourth-order valence-corrected chi connectivity index (χ4v) is 6.51. The number of ketones is 1. The molecule has 1 saturated heterocycles. The van der Waals surface area contributed by atoms with E-state index in [0.29, 0.717) is 19.3 Å². The molecule has 9 heteroatoms. The van der Waals surface area contributed by atoms with Crippen LogP contribution < -0.4 is 0 Å². The maximum Gasteiger partial charge on any atom is 0.379 e. The first-order valence-electron chi connectivity index (χ1n) is 21.1. The van der Waals surface area contributed by atoms with Gasteiger partial charge in [0.25, 0.3) is 5.78 Å². The van der Waals surface area contributed by atoms with Crippen molar-refractivity contribution in [1.82, 2.24) is 0 Å². The predicted octanol–water partition coefficient (Wildman–Crippen LogP) is 10.6. The number of ether oxygens (including phenoxy) is 4. The summed E-state index contributed by atoms with van der Waals surface area (Å²) in [6.07, 6.45) is 26.0. The van der Waals surface area contributed by atoms with Crippen LogP contribution in [-0.2, 0) is 42.9 Å². The summed E-state index contributed by atoms with van der Waals surface area (Å²) in [4.78, 5) is 63.4. The summed E-state index contributed by atoms with van der Waals surface area (Å²) >= 11 is 0. The SMILES string of the molecule is CCCCCCCCCCCC(=O)OC[C@H](OC(=O)CCCCCCCCCCC)[C@H]1OC(=O)C(=O)C1OC(=O)CCCCCCCCCCC. The summed E-state index contributed by atoms with van der Waals surface area (Å²) in [5, 5.41) is 0. The van der Waals surface area contributed by atoms with Gasteiger partial charge in [-0.15, -0.1) is 0 Å². The Morgan fingerprint density at radius 2 is 0.863 bits per heavy atom. The number of carbonyl (C=O) groups excluding carboxylic acids is 5. The number of hydrogen-bond donors (Lipinski definition) is 0. The Kier molecular flexibility index (Phi) is 29.4. The van der Waals surface area contributed by atoms with E-state index in [1.807, 2.05) is 0 Å². The molecule has 296 valence electrons. The van der Waals surface area contributed by atoms with Gasteiger partial charge >= 0.3 is 23.9 Å². The third-order valence-corrected chi connectivity index (χ3v) is 9.77. The Labute approximate surface area is 310 Å². The molecular weight excluding hydrogens is 648 g/mol. The highest BCUT2D eigenvalue weighted by Crippen LogP contribution is 2.24. The third kappa shape index (κ3) is 24.4. The normalized spacial score (nSPS) is 16.2. The second-order valence-electron chi connectivity index (χ2n) is 14.6. The van der Waals surface area contributed by atoms with Crippen molar-refractivity contribution in [3.05, 3.63) is 0 Å². The summed E-state index contributed by atoms with van der Waals surface area (Å²) in [5.74, 6) is -3.74. The summed E-state index contributed by atoms with van der Waals surface area (Å²) in [5.41, 5.74) is 0. The van der Waals surface area contributed by atoms with Crippen LogP contribution in [0.5, 0.6) is 0 Å². The minimum absolute atomic E-state index is 0.108. The number of Topliss-reactive ketones (excluding diaryl/α,β-unsaturated/α-hetero) is 1. The van der Waals surface area contributed by atoms with Crippen molar-refractivity contribution in [2.24, 2.45) is 0 Å². The van der Waals surface area contributed by atoms with Crippen LogP contribution in [0.1, 0.15) is 213 Å². The molecule has 0 spiro atoms. The van der Waals surface area contributed by atoms with Crippen LogP contribution in [0.2, 0.25) is 0 Å². The molecule has 0 aromatic heterocycles. The molecule has 1 rings (SSSR count). The van der Waals surface area contributed by atoms with Gasteiger partial charge in [0.1, 0.15) is 6.61 Å². The van der Waals surface area contributed by atoms with E-state index in [9.17, 15) is 24.0 Å². The molecule has 1 fully saturated rings. The molecule has 51 heavy (non-hydrogen) atoms. The van der Waals surface area contributed by atoms with E-state index in [4.69, 9.17) is 18.9 Å². The van der Waals surface area contributed by atoms with Crippen LogP contribution in [0.4, 0.5) is 0 Å². The second kappa shape index (κ2) is 32.2. The summed E-state index contributed by atoms with van der Waals surface area (Å²) in [6.45, 7) is 6.21. The molecule has 0 aromatic carbocycles. The highest BCUT2D eigenvalue weighted by Gasteiger charge is 2.51. The van der Waals surface area contributed by atoms with Crippen LogP contribution in [-0.4, -0.2) is 54.6 Å². The average Bonchev–Trinajstić information content (AvgIpc) is 3.39. The van der Waals surface area contributed by atoms with Crippen LogP contribution in [0.3, 0.4) is 0 Å². The number of cyclic esters (lactones) is 1. The van der Waals surface area contributed by atoms with Gasteiger partial charge in [-0.05, 0) is 19.3 Å². The topological polar surface area (TPSA) is 122 Å². The Morgan fingerprint density at radius 1 is 0.510 bits per heavy atom. The Morgan fingerprint density at radius 3 is 1.27 bits per heavy atom. The van der Waals surface area contributed by atoms with E-state index < -0.39 is 54.6 Å². The maximum atomic E-state index is 12.9.